The molecule has 0 saturated carbocycles. The fourth-order valence-electron chi connectivity index (χ4n) is 2.32. The summed E-state index contributed by atoms with van der Waals surface area (Å²) in [6.07, 6.45) is 5.24. The van der Waals surface area contributed by atoms with E-state index in [1.165, 1.54) is 11.1 Å². The summed E-state index contributed by atoms with van der Waals surface area (Å²) in [4.78, 5) is 0. The van der Waals surface area contributed by atoms with Gasteiger partial charge in [0, 0.05) is 18.3 Å². The Morgan fingerprint density at radius 1 is 1.19 bits per heavy atom. The maximum absolute atomic E-state index is 4.43. The van der Waals surface area contributed by atoms with Crippen molar-refractivity contribution in [3.8, 4) is 0 Å². The zero-order valence-corrected chi connectivity index (χ0v) is 13.6. The van der Waals surface area contributed by atoms with Gasteiger partial charge in [-0.25, -0.2) is 0 Å². The fourth-order valence-corrected chi connectivity index (χ4v) is 2.32. The number of nitrogens with zero attached hydrogens (tertiary/aromatic N) is 2. The number of nitrogens with one attached hydrogen (secondary N) is 1. The molecule has 0 spiro atoms. The molecule has 1 N–H and O–H groups in total. The van der Waals surface area contributed by atoms with Gasteiger partial charge in [0.1, 0.15) is 0 Å². The van der Waals surface area contributed by atoms with E-state index in [9.17, 15) is 0 Å². The molecule has 0 bridgehead atoms. The van der Waals surface area contributed by atoms with Gasteiger partial charge in [-0.15, -0.1) is 0 Å². The van der Waals surface area contributed by atoms with Crippen LogP contribution in [0.4, 0.5) is 0 Å². The highest BCUT2D eigenvalue weighted by Gasteiger charge is 2.13. The van der Waals surface area contributed by atoms with Gasteiger partial charge in [0.05, 0.1) is 11.7 Å². The topological polar surface area (TPSA) is 29.9 Å². The third kappa shape index (κ3) is 4.71. The Morgan fingerprint density at radius 3 is 2.52 bits per heavy atom. The number of rotatable bonds is 6. The van der Waals surface area contributed by atoms with E-state index < -0.39 is 0 Å². The minimum atomic E-state index is 0.0556. The van der Waals surface area contributed by atoms with E-state index in [-0.39, 0.29) is 5.54 Å². The Labute approximate surface area is 128 Å². The summed E-state index contributed by atoms with van der Waals surface area (Å²) >= 11 is 0. The second-order valence-electron chi connectivity index (χ2n) is 6.74. The third-order valence-electron chi connectivity index (χ3n) is 3.78. The van der Waals surface area contributed by atoms with Crippen LogP contribution in [0.25, 0.3) is 0 Å². The summed E-state index contributed by atoms with van der Waals surface area (Å²) in [6.45, 7) is 10.7. The summed E-state index contributed by atoms with van der Waals surface area (Å²) in [6, 6.07) is 10.7. The molecule has 1 aromatic carbocycles. The normalized spacial score (nSPS) is 13.3. The lowest BCUT2D eigenvalue weighted by molar-refractivity contribution is 0.355. The predicted molar refractivity (Wildman–Crippen MR) is 88.4 cm³/mol. The highest BCUT2D eigenvalue weighted by atomic mass is 15.3. The first-order chi connectivity index (χ1) is 9.97. The molecule has 3 nitrogen and oxygen atoms in total. The molecule has 21 heavy (non-hydrogen) atoms. The smallest absolute Gasteiger partial charge is 0.0543 e. The molecule has 0 aliphatic carbocycles. The van der Waals surface area contributed by atoms with Gasteiger partial charge in [0.2, 0.25) is 0 Å². The lowest BCUT2D eigenvalue weighted by Gasteiger charge is -2.18. The van der Waals surface area contributed by atoms with Crippen molar-refractivity contribution in [1.82, 2.24) is 15.1 Å². The standard InChI is InChI=1S/C18H27N3/c1-15(17-8-6-5-7-9-17)10-11-19-12-16-13-20-21(14-16)18(2,3)4/h5-9,13-15,19H,10-12H2,1-4H3. The van der Waals surface area contributed by atoms with Crippen LogP contribution in [0.2, 0.25) is 0 Å². The Balaban J connectivity index is 1.74. The van der Waals surface area contributed by atoms with Crippen molar-refractivity contribution in [2.45, 2.75) is 52.1 Å². The van der Waals surface area contributed by atoms with Gasteiger partial charge in [-0.3, -0.25) is 4.68 Å². The van der Waals surface area contributed by atoms with Crippen LogP contribution in [-0.4, -0.2) is 16.3 Å². The molecule has 1 heterocycles. The molecule has 0 aliphatic heterocycles. The predicted octanol–water partition coefficient (Wildman–Crippen LogP) is 3.92. The van der Waals surface area contributed by atoms with Crippen molar-refractivity contribution in [3.63, 3.8) is 0 Å². The fraction of sp³-hybridized carbons (Fsp3) is 0.500. The molecular weight excluding hydrogens is 258 g/mol. The van der Waals surface area contributed by atoms with Crippen LogP contribution in [0.15, 0.2) is 42.7 Å². The van der Waals surface area contributed by atoms with Crippen LogP contribution in [-0.2, 0) is 12.1 Å². The highest BCUT2D eigenvalue weighted by molar-refractivity contribution is 5.18. The first-order valence-corrected chi connectivity index (χ1v) is 7.76. The number of hydrogen-bond donors (Lipinski definition) is 1. The molecule has 114 valence electrons. The van der Waals surface area contributed by atoms with Crippen molar-refractivity contribution in [2.24, 2.45) is 0 Å². The minimum Gasteiger partial charge on any atom is -0.313 e. The SMILES string of the molecule is CC(CCNCc1cnn(C(C)(C)C)c1)c1ccccc1. The molecular formula is C18H27N3. The molecule has 0 fully saturated rings. The van der Waals surface area contributed by atoms with Gasteiger partial charge in [-0.1, -0.05) is 37.3 Å². The van der Waals surface area contributed by atoms with Crippen LogP contribution in [0, 0.1) is 0 Å². The Kier molecular flexibility index (Phi) is 5.18. The molecule has 1 aromatic heterocycles. The van der Waals surface area contributed by atoms with Gasteiger partial charge in [-0.2, -0.15) is 5.10 Å². The Bertz CT molecular complexity index is 537. The first kappa shape index (κ1) is 15.8. The molecule has 1 unspecified atom stereocenters. The number of aromatic nitrogens is 2. The van der Waals surface area contributed by atoms with Crippen molar-refractivity contribution in [1.29, 1.82) is 0 Å². The summed E-state index contributed by atoms with van der Waals surface area (Å²) in [5.41, 5.74) is 2.72. The van der Waals surface area contributed by atoms with Crippen molar-refractivity contribution >= 4 is 0 Å². The monoisotopic (exact) mass is 285 g/mol. The molecule has 2 rings (SSSR count). The molecule has 0 radical (unpaired) electrons. The van der Waals surface area contributed by atoms with Crippen molar-refractivity contribution < 1.29 is 0 Å². The zero-order valence-electron chi connectivity index (χ0n) is 13.6. The molecule has 2 aromatic rings. The van der Waals surface area contributed by atoms with E-state index in [0.29, 0.717) is 5.92 Å². The molecule has 0 amide bonds. The van der Waals surface area contributed by atoms with E-state index in [0.717, 1.165) is 19.5 Å². The minimum absolute atomic E-state index is 0.0556. The molecule has 3 heteroatoms. The summed E-state index contributed by atoms with van der Waals surface area (Å²) in [7, 11) is 0. The average molecular weight is 285 g/mol. The quantitative estimate of drug-likeness (QED) is 0.815. The van der Waals surface area contributed by atoms with Gasteiger partial charge in [0.25, 0.3) is 0 Å². The lowest BCUT2D eigenvalue weighted by atomic mass is 9.98. The Morgan fingerprint density at radius 2 is 1.90 bits per heavy atom. The molecule has 0 saturated heterocycles. The van der Waals surface area contributed by atoms with Gasteiger partial charge < -0.3 is 5.32 Å². The summed E-state index contributed by atoms with van der Waals surface area (Å²) in [5.74, 6) is 0.594. The van der Waals surface area contributed by atoms with Crippen LogP contribution in [0.3, 0.4) is 0 Å². The van der Waals surface area contributed by atoms with E-state index in [1.807, 2.05) is 10.9 Å². The van der Waals surface area contributed by atoms with E-state index in [4.69, 9.17) is 0 Å². The van der Waals surface area contributed by atoms with Gasteiger partial charge in [-0.05, 0) is 45.2 Å². The van der Waals surface area contributed by atoms with Crippen molar-refractivity contribution in [3.05, 3.63) is 53.9 Å². The second kappa shape index (κ2) is 6.90. The van der Waals surface area contributed by atoms with Crippen LogP contribution >= 0.6 is 0 Å². The van der Waals surface area contributed by atoms with Crippen LogP contribution in [0.1, 0.15) is 51.2 Å². The summed E-state index contributed by atoms with van der Waals surface area (Å²) in [5, 5.41) is 7.94. The molecule has 1 atom stereocenters. The number of hydrogen-bond acceptors (Lipinski definition) is 2. The first-order valence-electron chi connectivity index (χ1n) is 7.76. The van der Waals surface area contributed by atoms with Gasteiger partial charge in [0.15, 0.2) is 0 Å². The van der Waals surface area contributed by atoms with Crippen LogP contribution < -0.4 is 5.32 Å². The summed E-state index contributed by atoms with van der Waals surface area (Å²) < 4.78 is 2.02. The van der Waals surface area contributed by atoms with Crippen LogP contribution in [0.5, 0.6) is 0 Å². The lowest BCUT2D eigenvalue weighted by Crippen LogP contribution is -2.22. The second-order valence-corrected chi connectivity index (χ2v) is 6.74. The zero-order chi connectivity index (χ0) is 15.3. The maximum Gasteiger partial charge on any atom is 0.0543 e. The molecule has 0 aliphatic rings. The average Bonchev–Trinajstić information content (AvgIpc) is 2.93. The van der Waals surface area contributed by atoms with E-state index >= 15 is 0 Å². The number of benzene rings is 1. The van der Waals surface area contributed by atoms with Gasteiger partial charge >= 0.3 is 0 Å². The van der Waals surface area contributed by atoms with E-state index in [2.05, 4.69) is 74.6 Å². The highest BCUT2D eigenvalue weighted by Crippen LogP contribution is 2.17. The Hall–Kier alpha value is -1.61. The van der Waals surface area contributed by atoms with Crippen molar-refractivity contribution in [2.75, 3.05) is 6.54 Å². The largest absolute Gasteiger partial charge is 0.313 e. The van der Waals surface area contributed by atoms with E-state index in [1.54, 1.807) is 0 Å². The maximum atomic E-state index is 4.43. The third-order valence-corrected chi connectivity index (χ3v) is 3.78.